The van der Waals surface area contributed by atoms with Crippen molar-refractivity contribution >= 4 is 11.8 Å². The van der Waals surface area contributed by atoms with E-state index in [9.17, 15) is 18.0 Å². The van der Waals surface area contributed by atoms with Crippen LogP contribution in [0.4, 0.5) is 23.7 Å². The molecule has 0 aromatic heterocycles. The standard InChI is InChI=1S/C23H25F3N2O4/c24-23(25,26)15-6-9-19-18(12-15)21-17(20(28-19)14-4-2-1-3-5-14)8-7-16(32-21)13-31-22(30)27-10-11-29/h1-6,9,12,16-17,20-21,28-29H,7-8,10-11,13H2,(H,27,30)/t16-,17+,20+,21+/m1/s1. The van der Waals surface area contributed by atoms with Gasteiger partial charge in [-0.15, -0.1) is 0 Å². The van der Waals surface area contributed by atoms with E-state index in [4.69, 9.17) is 14.6 Å². The highest BCUT2D eigenvalue weighted by molar-refractivity contribution is 5.67. The van der Waals surface area contributed by atoms with Crippen molar-refractivity contribution in [2.75, 3.05) is 25.1 Å². The van der Waals surface area contributed by atoms with Crippen LogP contribution in [0.1, 0.15) is 41.7 Å². The molecule has 1 fully saturated rings. The van der Waals surface area contributed by atoms with Crippen molar-refractivity contribution in [3.63, 3.8) is 0 Å². The number of amides is 1. The maximum atomic E-state index is 13.4. The van der Waals surface area contributed by atoms with Gasteiger partial charge in [0.2, 0.25) is 0 Å². The van der Waals surface area contributed by atoms with Gasteiger partial charge < -0.3 is 25.2 Å². The van der Waals surface area contributed by atoms with Crippen molar-refractivity contribution in [2.24, 2.45) is 5.92 Å². The first-order chi connectivity index (χ1) is 15.4. The van der Waals surface area contributed by atoms with E-state index in [-0.39, 0.29) is 31.7 Å². The van der Waals surface area contributed by atoms with E-state index in [1.807, 2.05) is 30.3 Å². The number of halogens is 3. The highest BCUT2D eigenvalue weighted by atomic mass is 19.4. The quantitative estimate of drug-likeness (QED) is 0.628. The minimum Gasteiger partial charge on any atom is -0.447 e. The Kier molecular flexibility index (Phi) is 6.57. The molecule has 0 radical (unpaired) electrons. The summed E-state index contributed by atoms with van der Waals surface area (Å²) >= 11 is 0. The van der Waals surface area contributed by atoms with Gasteiger partial charge >= 0.3 is 12.3 Å². The Balaban J connectivity index is 1.59. The summed E-state index contributed by atoms with van der Waals surface area (Å²) in [4.78, 5) is 11.7. The van der Waals surface area contributed by atoms with E-state index in [0.717, 1.165) is 17.7 Å². The predicted molar refractivity (Wildman–Crippen MR) is 111 cm³/mol. The lowest BCUT2D eigenvalue weighted by molar-refractivity contribution is -0.138. The Bertz CT molecular complexity index is 939. The van der Waals surface area contributed by atoms with E-state index in [1.165, 1.54) is 6.07 Å². The molecule has 0 aliphatic carbocycles. The molecular weight excluding hydrogens is 425 g/mol. The first-order valence-electron chi connectivity index (χ1n) is 10.6. The predicted octanol–water partition coefficient (Wildman–Crippen LogP) is 4.43. The third kappa shape index (κ3) is 4.83. The highest BCUT2D eigenvalue weighted by Gasteiger charge is 2.43. The molecule has 2 aromatic carbocycles. The van der Waals surface area contributed by atoms with Crippen LogP contribution in [0.15, 0.2) is 48.5 Å². The molecule has 2 heterocycles. The summed E-state index contributed by atoms with van der Waals surface area (Å²) in [5.74, 6) is -0.0761. The van der Waals surface area contributed by atoms with Gasteiger partial charge in [0.25, 0.3) is 0 Å². The topological polar surface area (TPSA) is 79.8 Å². The Morgan fingerprint density at radius 1 is 1.19 bits per heavy atom. The number of hydrogen-bond donors (Lipinski definition) is 3. The molecule has 0 unspecified atom stereocenters. The largest absolute Gasteiger partial charge is 0.447 e. The molecule has 2 aliphatic heterocycles. The van der Waals surface area contributed by atoms with Gasteiger partial charge in [0.1, 0.15) is 6.61 Å². The average molecular weight is 450 g/mol. The molecule has 2 aliphatic rings. The Morgan fingerprint density at radius 2 is 1.97 bits per heavy atom. The van der Waals surface area contributed by atoms with E-state index in [0.29, 0.717) is 24.1 Å². The lowest BCUT2D eigenvalue weighted by Crippen LogP contribution is -2.41. The van der Waals surface area contributed by atoms with Gasteiger partial charge in [-0.05, 0) is 36.6 Å². The van der Waals surface area contributed by atoms with Crippen LogP contribution in [0.2, 0.25) is 0 Å². The number of benzene rings is 2. The molecule has 6 nitrogen and oxygen atoms in total. The van der Waals surface area contributed by atoms with Crippen LogP contribution in [0.3, 0.4) is 0 Å². The minimum absolute atomic E-state index is 0.0157. The zero-order valence-corrected chi connectivity index (χ0v) is 17.3. The van der Waals surface area contributed by atoms with Crippen molar-refractivity contribution in [2.45, 2.75) is 37.3 Å². The highest BCUT2D eigenvalue weighted by Crippen LogP contribution is 2.51. The number of carbonyl (C=O) groups is 1. The first-order valence-corrected chi connectivity index (χ1v) is 10.6. The third-order valence-corrected chi connectivity index (χ3v) is 5.91. The fourth-order valence-corrected chi connectivity index (χ4v) is 4.42. The van der Waals surface area contributed by atoms with Crippen LogP contribution in [0, 0.1) is 5.92 Å². The summed E-state index contributed by atoms with van der Waals surface area (Å²) in [5, 5.41) is 14.6. The first kappa shape index (κ1) is 22.4. The molecule has 0 bridgehead atoms. The molecule has 2 aromatic rings. The summed E-state index contributed by atoms with van der Waals surface area (Å²) in [6.07, 6.45) is -4.83. The third-order valence-electron chi connectivity index (χ3n) is 5.91. The van der Waals surface area contributed by atoms with Crippen LogP contribution in [-0.2, 0) is 15.7 Å². The van der Waals surface area contributed by atoms with Crippen molar-refractivity contribution in [1.29, 1.82) is 0 Å². The monoisotopic (exact) mass is 450 g/mol. The van der Waals surface area contributed by atoms with Gasteiger partial charge in [-0.2, -0.15) is 13.2 Å². The molecule has 3 N–H and O–H groups in total. The second-order valence-electron chi connectivity index (χ2n) is 8.00. The summed E-state index contributed by atoms with van der Waals surface area (Å²) in [5.41, 5.74) is 1.39. The molecule has 9 heteroatoms. The maximum Gasteiger partial charge on any atom is 0.416 e. The zero-order chi connectivity index (χ0) is 22.7. The Labute approximate surface area is 183 Å². The summed E-state index contributed by atoms with van der Waals surface area (Å²) in [7, 11) is 0. The number of hydrogen-bond acceptors (Lipinski definition) is 5. The van der Waals surface area contributed by atoms with E-state index in [1.54, 1.807) is 0 Å². The maximum absolute atomic E-state index is 13.4. The van der Waals surface area contributed by atoms with Crippen LogP contribution in [0.5, 0.6) is 0 Å². The normalized spacial score (nSPS) is 24.6. The number of ether oxygens (including phenoxy) is 2. The molecule has 32 heavy (non-hydrogen) atoms. The number of alkyl carbamates (subject to hydrolysis) is 1. The van der Waals surface area contributed by atoms with Crippen LogP contribution in [0.25, 0.3) is 0 Å². The van der Waals surface area contributed by atoms with E-state index in [2.05, 4.69) is 10.6 Å². The van der Waals surface area contributed by atoms with Crippen LogP contribution >= 0.6 is 0 Å². The number of fused-ring (bicyclic) bond motifs is 3. The molecule has 4 atom stereocenters. The zero-order valence-electron chi connectivity index (χ0n) is 17.3. The SMILES string of the molecule is O=C(NCCO)OC[C@H]1CC[C@@H]2[C@H](O1)c1cc(C(F)(F)F)ccc1N[C@H]2c1ccccc1. The Hall–Kier alpha value is -2.78. The minimum atomic E-state index is -4.46. The Morgan fingerprint density at radius 3 is 2.69 bits per heavy atom. The number of aliphatic hydroxyl groups excluding tert-OH is 1. The fraction of sp³-hybridized carbons (Fsp3) is 0.435. The fourth-order valence-electron chi connectivity index (χ4n) is 4.42. The average Bonchev–Trinajstić information content (AvgIpc) is 2.80. The van der Waals surface area contributed by atoms with Gasteiger partial charge in [-0.1, -0.05) is 30.3 Å². The molecule has 0 saturated carbocycles. The number of alkyl halides is 3. The van der Waals surface area contributed by atoms with E-state index < -0.39 is 30.0 Å². The lowest BCUT2D eigenvalue weighted by Gasteiger charge is -2.45. The molecule has 4 rings (SSSR count). The molecule has 1 amide bonds. The van der Waals surface area contributed by atoms with E-state index >= 15 is 0 Å². The van der Waals surface area contributed by atoms with Gasteiger partial charge in [-0.25, -0.2) is 4.79 Å². The van der Waals surface area contributed by atoms with Crippen molar-refractivity contribution in [3.8, 4) is 0 Å². The molecule has 0 spiro atoms. The molecule has 172 valence electrons. The molecular formula is C23H25F3N2O4. The van der Waals surface area contributed by atoms with Crippen molar-refractivity contribution in [1.82, 2.24) is 5.32 Å². The summed E-state index contributed by atoms with van der Waals surface area (Å²) in [6, 6.07) is 13.3. The number of rotatable bonds is 5. The number of carbonyl (C=O) groups excluding carboxylic acids is 1. The lowest BCUT2D eigenvalue weighted by atomic mass is 9.76. The number of anilines is 1. The summed E-state index contributed by atoms with van der Waals surface area (Å²) < 4.78 is 51.5. The molecule has 1 saturated heterocycles. The van der Waals surface area contributed by atoms with Crippen molar-refractivity contribution < 1.29 is 32.5 Å². The number of nitrogens with one attached hydrogen (secondary N) is 2. The van der Waals surface area contributed by atoms with Crippen molar-refractivity contribution in [3.05, 3.63) is 65.2 Å². The van der Waals surface area contributed by atoms with Gasteiger partial charge in [0, 0.05) is 23.7 Å². The smallest absolute Gasteiger partial charge is 0.416 e. The summed E-state index contributed by atoms with van der Waals surface area (Å²) in [6.45, 7) is -0.143. The second kappa shape index (κ2) is 9.38. The number of aliphatic hydroxyl groups is 1. The van der Waals surface area contributed by atoms with Gasteiger partial charge in [-0.3, -0.25) is 0 Å². The van der Waals surface area contributed by atoms with Crippen LogP contribution in [-0.4, -0.2) is 37.1 Å². The van der Waals surface area contributed by atoms with Gasteiger partial charge in [0.15, 0.2) is 0 Å². The second-order valence-corrected chi connectivity index (χ2v) is 8.00. The van der Waals surface area contributed by atoms with Crippen LogP contribution < -0.4 is 10.6 Å². The van der Waals surface area contributed by atoms with Gasteiger partial charge in [0.05, 0.1) is 30.4 Å².